The van der Waals surface area contributed by atoms with Gasteiger partial charge in [-0.3, -0.25) is 0 Å². The highest BCUT2D eigenvalue weighted by Gasteiger charge is 2.37. The van der Waals surface area contributed by atoms with Crippen molar-refractivity contribution in [2.75, 3.05) is 0 Å². The second kappa shape index (κ2) is 8.40. The molecule has 0 aliphatic rings. The van der Waals surface area contributed by atoms with Crippen molar-refractivity contribution >= 4 is 12.4 Å². The Labute approximate surface area is 142 Å². The van der Waals surface area contributed by atoms with E-state index in [0.717, 1.165) is 0 Å². The molecule has 1 aromatic rings. The fraction of sp³-hybridized carbons (Fsp3) is 0.600. The summed E-state index contributed by atoms with van der Waals surface area (Å²) in [5.74, 6) is 0.226. The van der Waals surface area contributed by atoms with Gasteiger partial charge in [-0.15, -0.1) is 12.4 Å². The normalized spacial score (nSPS) is 15.1. The van der Waals surface area contributed by atoms with Crippen molar-refractivity contribution in [2.45, 2.75) is 51.2 Å². The van der Waals surface area contributed by atoms with Crippen molar-refractivity contribution < 1.29 is 31.4 Å². The maximum Gasteiger partial charge on any atom is 0.416 e. The number of hydrogen-bond donors (Lipinski definition) is 2. The predicted molar refractivity (Wildman–Crippen MR) is 80.7 cm³/mol. The number of nitrogens with two attached hydrogens (primary N) is 1. The largest absolute Gasteiger partial charge is 0.416 e. The molecule has 0 aliphatic carbocycles. The minimum atomic E-state index is -4.93. The molecule has 0 radical (unpaired) electrons. The number of rotatable bonds is 5. The van der Waals surface area contributed by atoms with Crippen LogP contribution >= 0.6 is 12.4 Å². The number of benzene rings is 1. The van der Waals surface area contributed by atoms with Crippen LogP contribution < -0.4 is 5.73 Å². The Balaban J connectivity index is 0.00000529. The van der Waals surface area contributed by atoms with Gasteiger partial charge in [0, 0.05) is 0 Å². The van der Waals surface area contributed by atoms with Crippen molar-refractivity contribution in [2.24, 2.45) is 11.7 Å². The van der Waals surface area contributed by atoms with E-state index < -0.39 is 35.6 Å². The quantitative estimate of drug-likeness (QED) is 0.711. The lowest BCUT2D eigenvalue weighted by Crippen LogP contribution is -2.27. The fourth-order valence-corrected chi connectivity index (χ4v) is 2.08. The summed E-state index contributed by atoms with van der Waals surface area (Å²) in [5, 5.41) is 9.92. The monoisotopic (exact) mass is 379 g/mol. The van der Waals surface area contributed by atoms with E-state index in [4.69, 9.17) is 5.73 Å². The minimum Gasteiger partial charge on any atom is -0.391 e. The Kier molecular flexibility index (Phi) is 8.05. The van der Waals surface area contributed by atoms with Crippen molar-refractivity contribution in [3.63, 3.8) is 0 Å². The summed E-state index contributed by atoms with van der Waals surface area (Å²) < 4.78 is 76.7. The lowest BCUT2D eigenvalue weighted by molar-refractivity contribution is -0.143. The Hall–Kier alpha value is -0.990. The molecule has 0 heterocycles. The summed E-state index contributed by atoms with van der Waals surface area (Å²) in [6.45, 7) is 3.76. The summed E-state index contributed by atoms with van der Waals surface area (Å²) in [6.07, 6.45) is -10.3. The molecule has 0 aliphatic heterocycles. The second-order valence-electron chi connectivity index (χ2n) is 5.90. The van der Waals surface area contributed by atoms with Crippen molar-refractivity contribution in [1.82, 2.24) is 0 Å². The lowest BCUT2D eigenvalue weighted by Gasteiger charge is -2.22. The Morgan fingerprint density at radius 3 is 1.67 bits per heavy atom. The summed E-state index contributed by atoms with van der Waals surface area (Å²) in [6, 6.07) is -0.176. The van der Waals surface area contributed by atoms with E-state index >= 15 is 0 Å². The van der Waals surface area contributed by atoms with Gasteiger partial charge in [-0.05, 0) is 42.5 Å². The third-order valence-electron chi connectivity index (χ3n) is 3.45. The van der Waals surface area contributed by atoms with Crippen LogP contribution in [-0.4, -0.2) is 11.2 Å². The van der Waals surface area contributed by atoms with Gasteiger partial charge in [-0.25, -0.2) is 0 Å². The van der Waals surface area contributed by atoms with Crippen LogP contribution in [0.4, 0.5) is 26.3 Å². The van der Waals surface area contributed by atoms with E-state index in [2.05, 4.69) is 0 Å². The molecule has 0 aromatic heterocycles. The molecule has 0 bridgehead atoms. The topological polar surface area (TPSA) is 46.2 Å². The van der Waals surface area contributed by atoms with Gasteiger partial charge in [-0.2, -0.15) is 26.3 Å². The summed E-state index contributed by atoms with van der Waals surface area (Å²) >= 11 is 0. The summed E-state index contributed by atoms with van der Waals surface area (Å²) in [4.78, 5) is 0. The van der Waals surface area contributed by atoms with E-state index in [1.165, 1.54) is 0 Å². The first-order valence-electron chi connectivity index (χ1n) is 7.05. The highest BCUT2D eigenvalue weighted by Crippen LogP contribution is 2.37. The van der Waals surface area contributed by atoms with Gasteiger partial charge in [0.2, 0.25) is 0 Å². The van der Waals surface area contributed by atoms with Gasteiger partial charge in [0.25, 0.3) is 0 Å². The van der Waals surface area contributed by atoms with E-state index in [9.17, 15) is 31.4 Å². The molecule has 2 nitrogen and oxygen atoms in total. The zero-order valence-corrected chi connectivity index (χ0v) is 13.9. The van der Waals surface area contributed by atoms with Crippen molar-refractivity contribution in [3.8, 4) is 0 Å². The van der Waals surface area contributed by atoms with Gasteiger partial charge >= 0.3 is 12.4 Å². The molecule has 9 heteroatoms. The molecule has 0 unspecified atom stereocenters. The zero-order chi connectivity index (χ0) is 18.0. The molecular formula is C15H20ClF6NO. The van der Waals surface area contributed by atoms with Gasteiger partial charge in [0.1, 0.15) is 0 Å². The third-order valence-corrected chi connectivity index (χ3v) is 3.45. The minimum absolute atomic E-state index is 0. The average Bonchev–Trinajstić information content (AvgIpc) is 2.41. The fourth-order valence-electron chi connectivity index (χ4n) is 2.08. The number of aliphatic hydroxyl groups excluding tert-OH is 1. The highest BCUT2D eigenvalue weighted by molar-refractivity contribution is 5.85. The Bertz CT molecular complexity index is 497. The Morgan fingerprint density at radius 2 is 1.33 bits per heavy atom. The first kappa shape index (κ1) is 23.0. The maximum absolute atomic E-state index is 12.8. The van der Waals surface area contributed by atoms with E-state index in [0.29, 0.717) is 18.6 Å². The molecular weight excluding hydrogens is 360 g/mol. The van der Waals surface area contributed by atoms with Crippen LogP contribution in [0.1, 0.15) is 49.4 Å². The van der Waals surface area contributed by atoms with Crippen molar-refractivity contribution in [3.05, 3.63) is 34.9 Å². The van der Waals surface area contributed by atoms with Crippen LogP contribution in [0.2, 0.25) is 0 Å². The van der Waals surface area contributed by atoms with Crippen LogP contribution in [0, 0.1) is 5.92 Å². The third kappa shape index (κ3) is 6.49. The zero-order valence-electron chi connectivity index (χ0n) is 13.1. The molecule has 3 N–H and O–H groups in total. The van der Waals surface area contributed by atoms with Gasteiger partial charge in [0.05, 0.1) is 23.3 Å². The molecule has 0 saturated heterocycles. The number of hydrogen-bond acceptors (Lipinski definition) is 2. The molecule has 0 fully saturated rings. The van der Waals surface area contributed by atoms with E-state index in [1.54, 1.807) is 0 Å². The highest BCUT2D eigenvalue weighted by atomic mass is 35.5. The van der Waals surface area contributed by atoms with E-state index in [-0.39, 0.29) is 36.4 Å². The van der Waals surface area contributed by atoms with E-state index in [1.807, 2.05) is 13.8 Å². The van der Waals surface area contributed by atoms with Crippen LogP contribution in [0.25, 0.3) is 0 Å². The second-order valence-corrected chi connectivity index (χ2v) is 5.90. The molecule has 24 heavy (non-hydrogen) atoms. The number of aliphatic hydroxyl groups is 1. The molecule has 1 aromatic carbocycles. The van der Waals surface area contributed by atoms with Crippen LogP contribution in [0.3, 0.4) is 0 Å². The standard InChI is InChI=1S/C15H19F6NO.ClH/c1-8(2)3-4-12(23)13(22)9-5-10(14(16,17)18)7-11(6-9)15(19,20)21;/h5-8,12-13,23H,3-4,22H2,1-2H3;1H/t12-,13+;/m0./s1. The van der Waals surface area contributed by atoms with Crippen LogP contribution in [0.15, 0.2) is 18.2 Å². The summed E-state index contributed by atoms with van der Waals surface area (Å²) in [7, 11) is 0. The molecule has 0 saturated carbocycles. The first-order valence-corrected chi connectivity index (χ1v) is 7.05. The van der Waals surface area contributed by atoms with Crippen LogP contribution in [-0.2, 0) is 12.4 Å². The molecule has 2 atom stereocenters. The number of halogens is 7. The van der Waals surface area contributed by atoms with Gasteiger partial charge < -0.3 is 10.8 Å². The lowest BCUT2D eigenvalue weighted by atomic mass is 9.93. The van der Waals surface area contributed by atoms with Crippen molar-refractivity contribution in [1.29, 1.82) is 0 Å². The maximum atomic E-state index is 12.8. The molecule has 0 amide bonds. The van der Waals surface area contributed by atoms with Crippen LogP contribution in [0.5, 0.6) is 0 Å². The van der Waals surface area contributed by atoms with Gasteiger partial charge in [-0.1, -0.05) is 13.8 Å². The number of alkyl halides is 6. The van der Waals surface area contributed by atoms with Gasteiger partial charge in [0.15, 0.2) is 0 Å². The molecule has 140 valence electrons. The molecule has 0 spiro atoms. The Morgan fingerprint density at radius 1 is 0.917 bits per heavy atom. The predicted octanol–water partition coefficient (Wildman–Crippen LogP) is 4.94. The summed E-state index contributed by atoms with van der Waals surface area (Å²) in [5.41, 5.74) is 2.41. The first-order chi connectivity index (χ1) is 10.3. The smallest absolute Gasteiger partial charge is 0.391 e. The average molecular weight is 380 g/mol. The molecule has 1 rings (SSSR count). The SMILES string of the molecule is CC(C)CC[C@H](O)[C@H](N)c1cc(C(F)(F)F)cc(C(F)(F)F)c1.Cl.